The first kappa shape index (κ1) is 21.0. The molecule has 4 fully saturated rings. The van der Waals surface area contributed by atoms with Crippen LogP contribution in [0.4, 0.5) is 0 Å². The maximum absolute atomic E-state index is 12.8. The number of hydrogen-bond donors (Lipinski definition) is 2. The summed E-state index contributed by atoms with van der Waals surface area (Å²) < 4.78 is 6.05. The molecule has 3 aliphatic carbocycles. The number of nitrogens with one attached hydrogen (secondary N) is 2. The Morgan fingerprint density at radius 2 is 1.86 bits per heavy atom. The van der Waals surface area contributed by atoms with Gasteiger partial charge >= 0.3 is 0 Å². The Labute approximate surface area is 176 Å². The Hall–Kier alpha value is -1.30. The molecule has 3 atom stereocenters. The molecule has 4 aliphatic rings. The van der Waals surface area contributed by atoms with Gasteiger partial charge in [-0.15, -0.1) is 0 Å². The minimum absolute atomic E-state index is 0.271. The van der Waals surface area contributed by atoms with E-state index in [4.69, 9.17) is 4.74 Å². The highest BCUT2D eigenvalue weighted by molar-refractivity contribution is 5.81. The van der Waals surface area contributed by atoms with E-state index in [1.165, 1.54) is 44.9 Å². The van der Waals surface area contributed by atoms with Gasteiger partial charge in [-0.3, -0.25) is 9.79 Å². The summed E-state index contributed by atoms with van der Waals surface area (Å²) in [4.78, 5) is 19.4. The van der Waals surface area contributed by atoms with E-state index >= 15 is 0 Å². The van der Waals surface area contributed by atoms with E-state index in [0.29, 0.717) is 29.5 Å². The molecular formula is C23H40N4O2. The standard InChI is InChI=1S/C23H40N4O2/c1-3-29-20-15-19(23(20)12-7-8-13-23)26-22(24-2)25-18-11-14-27(16-18)21(28)17-9-5-4-6-10-17/h17-20H,3-16H2,1-2H3,(H2,24,25,26). The van der Waals surface area contributed by atoms with Gasteiger partial charge in [-0.25, -0.2) is 0 Å². The Balaban J connectivity index is 1.28. The Bertz CT molecular complexity index is 596. The van der Waals surface area contributed by atoms with Crippen LogP contribution >= 0.6 is 0 Å². The van der Waals surface area contributed by atoms with Gasteiger partial charge in [0.1, 0.15) is 0 Å². The van der Waals surface area contributed by atoms with Crippen LogP contribution in [-0.2, 0) is 9.53 Å². The van der Waals surface area contributed by atoms with E-state index in [9.17, 15) is 4.79 Å². The molecule has 0 bridgehead atoms. The van der Waals surface area contributed by atoms with Gasteiger partial charge in [0.25, 0.3) is 0 Å². The Morgan fingerprint density at radius 3 is 2.55 bits per heavy atom. The molecule has 3 saturated carbocycles. The van der Waals surface area contributed by atoms with E-state index < -0.39 is 0 Å². The van der Waals surface area contributed by atoms with Crippen LogP contribution in [-0.4, -0.2) is 61.7 Å². The lowest BCUT2D eigenvalue weighted by atomic mass is 9.60. The van der Waals surface area contributed by atoms with Crippen molar-refractivity contribution in [3.8, 4) is 0 Å². The average molecular weight is 405 g/mol. The van der Waals surface area contributed by atoms with Crippen LogP contribution in [0.25, 0.3) is 0 Å². The highest BCUT2D eigenvalue weighted by atomic mass is 16.5. The van der Waals surface area contributed by atoms with E-state index in [1.54, 1.807) is 0 Å². The third-order valence-electron chi connectivity index (χ3n) is 8.02. The number of rotatable bonds is 5. The SMILES string of the molecule is CCOC1CC(NC(=NC)NC2CCN(C(=O)C3CCCCC3)C2)C12CCCC2. The monoisotopic (exact) mass is 404 g/mol. The third-order valence-corrected chi connectivity index (χ3v) is 8.02. The topological polar surface area (TPSA) is 66.0 Å². The van der Waals surface area contributed by atoms with Crippen molar-refractivity contribution in [2.75, 3.05) is 26.7 Å². The fourth-order valence-electron chi connectivity index (χ4n) is 6.30. The second kappa shape index (κ2) is 9.23. The van der Waals surface area contributed by atoms with Crippen molar-refractivity contribution in [2.45, 2.75) is 95.7 Å². The van der Waals surface area contributed by atoms with E-state index in [2.05, 4.69) is 27.4 Å². The number of carbonyl (C=O) groups excluding carboxylic acids is 1. The van der Waals surface area contributed by atoms with Crippen molar-refractivity contribution < 1.29 is 9.53 Å². The number of aliphatic imine (C=N–C) groups is 1. The summed E-state index contributed by atoms with van der Waals surface area (Å²) in [5.74, 6) is 1.56. The molecule has 1 spiro atoms. The van der Waals surface area contributed by atoms with Gasteiger partial charge in [-0.05, 0) is 45.4 Å². The summed E-state index contributed by atoms with van der Waals surface area (Å²) in [5.41, 5.74) is 0.298. The van der Waals surface area contributed by atoms with Crippen molar-refractivity contribution >= 4 is 11.9 Å². The number of likely N-dealkylation sites (tertiary alicyclic amines) is 1. The van der Waals surface area contributed by atoms with Crippen LogP contribution in [0.1, 0.15) is 77.6 Å². The lowest BCUT2D eigenvalue weighted by molar-refractivity contribution is -0.135. The molecule has 164 valence electrons. The number of carbonyl (C=O) groups is 1. The van der Waals surface area contributed by atoms with E-state index in [-0.39, 0.29) is 5.92 Å². The highest BCUT2D eigenvalue weighted by Crippen LogP contribution is 2.54. The second-order valence-corrected chi connectivity index (χ2v) is 9.64. The molecule has 1 saturated heterocycles. The van der Waals surface area contributed by atoms with Gasteiger partial charge < -0.3 is 20.3 Å². The molecule has 0 aromatic carbocycles. The van der Waals surface area contributed by atoms with Crippen molar-refractivity contribution in [3.63, 3.8) is 0 Å². The van der Waals surface area contributed by atoms with Crippen molar-refractivity contribution in [1.82, 2.24) is 15.5 Å². The molecule has 3 unspecified atom stereocenters. The summed E-state index contributed by atoms with van der Waals surface area (Å²) in [7, 11) is 1.86. The number of ether oxygens (including phenoxy) is 1. The lowest BCUT2D eigenvalue weighted by Gasteiger charge is -2.54. The molecule has 6 nitrogen and oxygen atoms in total. The zero-order valence-corrected chi connectivity index (χ0v) is 18.4. The molecule has 1 aliphatic heterocycles. The largest absolute Gasteiger partial charge is 0.378 e. The molecule has 0 aromatic heterocycles. The predicted octanol–water partition coefficient (Wildman–Crippen LogP) is 3.07. The van der Waals surface area contributed by atoms with Crippen molar-refractivity contribution in [3.05, 3.63) is 0 Å². The average Bonchev–Trinajstić information content (AvgIpc) is 3.43. The molecule has 2 N–H and O–H groups in total. The van der Waals surface area contributed by atoms with Gasteiger partial charge in [-0.2, -0.15) is 0 Å². The molecule has 6 heteroatoms. The summed E-state index contributed by atoms with van der Waals surface area (Å²) >= 11 is 0. The number of hydrogen-bond acceptors (Lipinski definition) is 3. The maximum Gasteiger partial charge on any atom is 0.225 e. The van der Waals surface area contributed by atoms with Gasteiger partial charge in [0.2, 0.25) is 5.91 Å². The third kappa shape index (κ3) is 4.28. The van der Waals surface area contributed by atoms with Gasteiger partial charge in [0.05, 0.1) is 6.10 Å². The van der Waals surface area contributed by atoms with Gasteiger partial charge in [0, 0.05) is 50.2 Å². The van der Waals surface area contributed by atoms with E-state index in [0.717, 1.165) is 51.3 Å². The summed E-state index contributed by atoms with van der Waals surface area (Å²) in [6.07, 6.45) is 13.5. The van der Waals surface area contributed by atoms with Crippen LogP contribution in [0.2, 0.25) is 0 Å². The van der Waals surface area contributed by atoms with Crippen LogP contribution in [0.15, 0.2) is 4.99 Å². The van der Waals surface area contributed by atoms with Crippen molar-refractivity contribution in [1.29, 1.82) is 0 Å². The van der Waals surface area contributed by atoms with Crippen molar-refractivity contribution in [2.24, 2.45) is 16.3 Å². The minimum atomic E-state index is 0.271. The first-order valence-corrected chi connectivity index (χ1v) is 12.1. The summed E-state index contributed by atoms with van der Waals surface area (Å²) in [5, 5.41) is 7.32. The smallest absolute Gasteiger partial charge is 0.225 e. The molecular weight excluding hydrogens is 364 g/mol. The maximum atomic E-state index is 12.8. The van der Waals surface area contributed by atoms with Crippen LogP contribution < -0.4 is 10.6 Å². The second-order valence-electron chi connectivity index (χ2n) is 9.64. The molecule has 1 amide bonds. The summed E-state index contributed by atoms with van der Waals surface area (Å²) in [6.45, 7) is 4.60. The molecule has 1 heterocycles. The fraction of sp³-hybridized carbons (Fsp3) is 0.913. The van der Waals surface area contributed by atoms with Crippen LogP contribution in [0.3, 0.4) is 0 Å². The Kier molecular flexibility index (Phi) is 6.67. The van der Waals surface area contributed by atoms with Crippen LogP contribution in [0, 0.1) is 11.3 Å². The number of guanidine groups is 1. The lowest BCUT2D eigenvalue weighted by Crippen LogP contribution is -2.65. The number of nitrogens with zero attached hydrogens (tertiary/aromatic N) is 2. The molecule has 4 rings (SSSR count). The van der Waals surface area contributed by atoms with Crippen LogP contribution in [0.5, 0.6) is 0 Å². The zero-order valence-electron chi connectivity index (χ0n) is 18.4. The first-order chi connectivity index (χ1) is 14.2. The quantitative estimate of drug-likeness (QED) is 0.546. The van der Waals surface area contributed by atoms with E-state index in [1.807, 2.05) is 7.05 Å². The highest BCUT2D eigenvalue weighted by Gasteiger charge is 2.57. The van der Waals surface area contributed by atoms with Gasteiger partial charge in [-0.1, -0.05) is 32.1 Å². The first-order valence-electron chi connectivity index (χ1n) is 12.1. The molecule has 0 aromatic rings. The Morgan fingerprint density at radius 1 is 1.10 bits per heavy atom. The normalized spacial score (nSPS) is 32.4. The number of amides is 1. The summed E-state index contributed by atoms with van der Waals surface area (Å²) in [6, 6.07) is 0.755. The molecule has 29 heavy (non-hydrogen) atoms. The zero-order chi connectivity index (χ0) is 20.3. The fourth-order valence-corrected chi connectivity index (χ4v) is 6.30. The molecule has 0 radical (unpaired) electrons. The minimum Gasteiger partial charge on any atom is -0.378 e. The predicted molar refractivity (Wildman–Crippen MR) is 116 cm³/mol. The van der Waals surface area contributed by atoms with Gasteiger partial charge in [0.15, 0.2) is 5.96 Å².